The normalized spacial score (nSPS) is 14.2. The first-order valence-electron chi connectivity index (χ1n) is 10.9. The average molecular weight is 500 g/mol. The van der Waals surface area contributed by atoms with Crippen molar-refractivity contribution < 1.29 is 22.7 Å². The third-order valence-corrected chi connectivity index (χ3v) is 8.65. The van der Waals surface area contributed by atoms with E-state index < -0.39 is 10.0 Å². The quantitative estimate of drug-likeness (QED) is 0.468. The Morgan fingerprint density at radius 1 is 1.06 bits per heavy atom. The number of carbonyl (C=O) groups excluding carboxylic acids is 2. The number of Topliss-reactive ketones (excluding diaryl/α,β-unsaturated/α-hetero) is 1. The van der Waals surface area contributed by atoms with Gasteiger partial charge in [-0.25, -0.2) is 13.4 Å². The van der Waals surface area contributed by atoms with Crippen LogP contribution in [0.25, 0.3) is 10.6 Å². The summed E-state index contributed by atoms with van der Waals surface area (Å²) in [7, 11) is -3.48. The number of nitrogens with one attached hydrogen (secondary N) is 1. The molecule has 34 heavy (non-hydrogen) atoms. The molecule has 0 saturated carbocycles. The molecule has 0 radical (unpaired) electrons. The summed E-state index contributed by atoms with van der Waals surface area (Å²) in [5, 5.41) is 3.46. The van der Waals surface area contributed by atoms with Gasteiger partial charge >= 0.3 is 0 Å². The molecular weight excluding hydrogens is 474 g/mol. The Morgan fingerprint density at radius 2 is 1.71 bits per heavy atom. The van der Waals surface area contributed by atoms with Crippen molar-refractivity contribution in [2.24, 2.45) is 0 Å². The van der Waals surface area contributed by atoms with Crippen molar-refractivity contribution >= 4 is 38.7 Å². The number of sulfonamides is 1. The summed E-state index contributed by atoms with van der Waals surface area (Å²) in [5.74, 6) is 0.155. The second kappa shape index (κ2) is 10.0. The van der Waals surface area contributed by atoms with Crippen LogP contribution < -0.4 is 10.1 Å². The Morgan fingerprint density at radius 3 is 2.29 bits per heavy atom. The molecule has 1 N–H and O–H groups in total. The molecule has 178 valence electrons. The van der Waals surface area contributed by atoms with E-state index in [9.17, 15) is 18.0 Å². The second-order valence-electron chi connectivity index (χ2n) is 7.99. The number of benzene rings is 2. The fraction of sp³-hybridized carbons (Fsp3) is 0.292. The van der Waals surface area contributed by atoms with E-state index in [0.29, 0.717) is 35.1 Å². The molecule has 1 fully saturated rings. The van der Waals surface area contributed by atoms with Crippen LogP contribution in [0.15, 0.2) is 53.4 Å². The van der Waals surface area contributed by atoms with Crippen molar-refractivity contribution in [3.8, 4) is 16.3 Å². The molecule has 0 atom stereocenters. The molecule has 0 unspecified atom stereocenters. The number of rotatable bonds is 8. The van der Waals surface area contributed by atoms with Crippen LogP contribution in [0.3, 0.4) is 0 Å². The molecule has 1 aliphatic heterocycles. The van der Waals surface area contributed by atoms with Crippen LogP contribution in [-0.4, -0.2) is 49.1 Å². The minimum absolute atomic E-state index is 0.00456. The van der Waals surface area contributed by atoms with Gasteiger partial charge in [0.15, 0.2) is 12.4 Å². The third-order valence-electron chi connectivity index (χ3n) is 5.43. The van der Waals surface area contributed by atoms with Crippen LogP contribution in [0.2, 0.25) is 0 Å². The highest BCUT2D eigenvalue weighted by molar-refractivity contribution is 7.89. The fourth-order valence-electron chi connectivity index (χ4n) is 3.67. The number of anilines is 1. The maximum absolute atomic E-state index is 12.6. The van der Waals surface area contributed by atoms with Crippen LogP contribution in [-0.2, 0) is 14.8 Å². The number of amides is 1. The third kappa shape index (κ3) is 5.35. The Labute approximate surface area is 202 Å². The predicted molar refractivity (Wildman–Crippen MR) is 131 cm³/mol. The van der Waals surface area contributed by atoms with Gasteiger partial charge in [0.25, 0.3) is 5.91 Å². The molecule has 0 spiro atoms. The number of ketones is 1. The predicted octanol–water partition coefficient (Wildman–Crippen LogP) is 4.12. The molecular formula is C24H25N3O5S2. The van der Waals surface area contributed by atoms with E-state index in [0.717, 1.165) is 23.4 Å². The summed E-state index contributed by atoms with van der Waals surface area (Å²) < 4.78 is 32.2. The zero-order chi connectivity index (χ0) is 24.3. The number of ether oxygens (including phenoxy) is 1. The molecule has 1 saturated heterocycles. The fourth-order valence-corrected chi connectivity index (χ4v) is 6.16. The molecule has 1 amide bonds. The van der Waals surface area contributed by atoms with Gasteiger partial charge in [0.1, 0.15) is 10.8 Å². The minimum atomic E-state index is -3.48. The van der Waals surface area contributed by atoms with Crippen molar-refractivity contribution in [1.82, 2.24) is 9.29 Å². The van der Waals surface area contributed by atoms with E-state index in [1.54, 1.807) is 24.3 Å². The lowest BCUT2D eigenvalue weighted by molar-refractivity contribution is -0.118. The van der Waals surface area contributed by atoms with E-state index >= 15 is 0 Å². The number of nitrogens with zero attached hydrogens (tertiary/aromatic N) is 2. The molecule has 2 heterocycles. The van der Waals surface area contributed by atoms with Crippen molar-refractivity contribution in [3.05, 3.63) is 59.1 Å². The molecule has 0 aliphatic carbocycles. The lowest BCUT2D eigenvalue weighted by atomic mass is 10.2. The van der Waals surface area contributed by atoms with Gasteiger partial charge in [0.05, 0.1) is 15.5 Å². The van der Waals surface area contributed by atoms with Crippen LogP contribution in [0, 0.1) is 6.92 Å². The van der Waals surface area contributed by atoms with E-state index in [4.69, 9.17) is 4.74 Å². The number of hydrogen-bond acceptors (Lipinski definition) is 7. The van der Waals surface area contributed by atoms with Crippen molar-refractivity contribution in [2.45, 2.75) is 31.6 Å². The highest BCUT2D eigenvalue weighted by Crippen LogP contribution is 2.29. The molecule has 8 nitrogen and oxygen atoms in total. The number of aromatic nitrogens is 1. The van der Waals surface area contributed by atoms with E-state index in [1.807, 2.05) is 19.1 Å². The summed E-state index contributed by atoms with van der Waals surface area (Å²) in [6.07, 6.45) is 1.75. The van der Waals surface area contributed by atoms with Gasteiger partial charge in [-0.05, 0) is 68.3 Å². The molecule has 1 aromatic heterocycles. The topological polar surface area (TPSA) is 106 Å². The number of hydrogen-bond donors (Lipinski definition) is 1. The lowest BCUT2D eigenvalue weighted by Gasteiger charge is -2.15. The van der Waals surface area contributed by atoms with Gasteiger partial charge in [-0.2, -0.15) is 4.31 Å². The van der Waals surface area contributed by atoms with Crippen LogP contribution in [0.4, 0.5) is 5.69 Å². The standard InChI is InChI=1S/C24H25N3O5S2/c1-16-23(17(2)28)33-24(25-16)18-5-9-20(10-6-18)32-15-22(29)26-19-7-11-21(12-8-19)34(30,31)27-13-3-4-14-27/h5-12H,3-4,13-15H2,1-2H3,(H,26,29). The van der Waals surface area contributed by atoms with E-state index in [1.165, 1.54) is 34.7 Å². The summed E-state index contributed by atoms with van der Waals surface area (Å²) >= 11 is 1.35. The SMILES string of the molecule is CC(=O)c1sc(-c2ccc(OCC(=O)Nc3ccc(S(=O)(=O)N4CCCC4)cc3)cc2)nc1C. The number of thiazole rings is 1. The van der Waals surface area contributed by atoms with Gasteiger partial charge in [-0.3, -0.25) is 9.59 Å². The Bertz CT molecular complexity index is 1290. The van der Waals surface area contributed by atoms with Gasteiger partial charge in [-0.15, -0.1) is 11.3 Å². The first-order chi connectivity index (χ1) is 16.2. The Hall–Kier alpha value is -3.08. The highest BCUT2D eigenvalue weighted by atomic mass is 32.2. The van der Waals surface area contributed by atoms with Crippen LogP contribution in [0.5, 0.6) is 5.75 Å². The molecule has 2 aromatic carbocycles. The second-order valence-corrected chi connectivity index (χ2v) is 10.9. The lowest BCUT2D eigenvalue weighted by Crippen LogP contribution is -2.27. The van der Waals surface area contributed by atoms with E-state index in [-0.39, 0.29) is 23.2 Å². The van der Waals surface area contributed by atoms with E-state index in [2.05, 4.69) is 10.3 Å². The smallest absolute Gasteiger partial charge is 0.262 e. The van der Waals surface area contributed by atoms with Crippen LogP contribution in [0.1, 0.15) is 35.1 Å². The number of aryl methyl sites for hydroxylation is 1. The molecule has 0 bridgehead atoms. The van der Waals surface area contributed by atoms with Crippen molar-refractivity contribution in [1.29, 1.82) is 0 Å². The first kappa shape index (κ1) is 24.1. The monoisotopic (exact) mass is 499 g/mol. The van der Waals surface area contributed by atoms with Crippen molar-refractivity contribution in [3.63, 3.8) is 0 Å². The zero-order valence-electron chi connectivity index (χ0n) is 18.9. The zero-order valence-corrected chi connectivity index (χ0v) is 20.5. The van der Waals surface area contributed by atoms with Gasteiger partial charge in [0, 0.05) is 31.3 Å². The first-order valence-corrected chi connectivity index (χ1v) is 13.1. The minimum Gasteiger partial charge on any atom is -0.484 e. The summed E-state index contributed by atoms with van der Waals surface area (Å²) in [4.78, 5) is 29.2. The maximum atomic E-state index is 12.6. The van der Waals surface area contributed by atoms with Crippen LogP contribution >= 0.6 is 11.3 Å². The molecule has 3 aromatic rings. The van der Waals surface area contributed by atoms with Gasteiger partial charge in [-0.1, -0.05) is 0 Å². The Kier molecular flexibility index (Phi) is 7.11. The van der Waals surface area contributed by atoms with Crippen molar-refractivity contribution in [2.75, 3.05) is 25.0 Å². The molecule has 1 aliphatic rings. The summed E-state index contributed by atoms with van der Waals surface area (Å²) in [6, 6.07) is 13.3. The molecule has 4 rings (SSSR count). The maximum Gasteiger partial charge on any atom is 0.262 e. The number of carbonyl (C=O) groups is 2. The summed E-state index contributed by atoms with van der Waals surface area (Å²) in [5.41, 5.74) is 2.07. The largest absolute Gasteiger partial charge is 0.484 e. The van der Waals surface area contributed by atoms with Gasteiger partial charge < -0.3 is 10.1 Å². The van der Waals surface area contributed by atoms with Gasteiger partial charge in [0.2, 0.25) is 10.0 Å². The Balaban J connectivity index is 1.31. The molecule has 10 heteroatoms. The highest BCUT2D eigenvalue weighted by Gasteiger charge is 2.27. The average Bonchev–Trinajstić information content (AvgIpc) is 3.49. The summed E-state index contributed by atoms with van der Waals surface area (Å²) in [6.45, 7) is 4.23.